The van der Waals surface area contributed by atoms with E-state index in [1.165, 1.54) is 0 Å². The summed E-state index contributed by atoms with van der Waals surface area (Å²) in [5.74, 6) is 0. The number of benzene rings is 1. The van der Waals surface area contributed by atoms with Crippen LogP contribution in [0, 0.1) is 28.1 Å². The molecule has 0 fully saturated rings. The Labute approximate surface area is 141 Å². The number of hydrogen-bond donors (Lipinski definition) is 0. The molecule has 0 saturated heterocycles. The van der Waals surface area contributed by atoms with Crippen molar-refractivity contribution in [2.75, 3.05) is 0 Å². The zero-order valence-corrected chi connectivity index (χ0v) is 13.4. The second-order valence-electron chi connectivity index (χ2n) is 5.81. The number of nitrogens with zero attached hydrogens (tertiary/aromatic N) is 2. The molecule has 0 amide bonds. The second kappa shape index (κ2) is 7.77. The van der Waals surface area contributed by atoms with Crippen molar-refractivity contribution < 1.29 is 26.3 Å². The number of nitriles is 2. The van der Waals surface area contributed by atoms with Crippen LogP contribution in [0.2, 0.25) is 0 Å². The quantitative estimate of drug-likeness (QED) is 0.469. The van der Waals surface area contributed by atoms with Crippen molar-refractivity contribution >= 4 is 0 Å². The van der Waals surface area contributed by atoms with Gasteiger partial charge in [0.15, 0.2) is 0 Å². The fraction of sp³-hybridized carbons (Fsp3) is 0.529. The van der Waals surface area contributed by atoms with E-state index in [2.05, 4.69) is 0 Å². The van der Waals surface area contributed by atoms with Gasteiger partial charge in [-0.05, 0) is 24.1 Å². The van der Waals surface area contributed by atoms with E-state index >= 15 is 0 Å². The molecule has 0 saturated carbocycles. The Bertz CT molecular complexity index is 662. The maximum Gasteiger partial charge on any atom is 0.416 e. The first-order valence-electron chi connectivity index (χ1n) is 7.59. The van der Waals surface area contributed by atoms with Gasteiger partial charge in [0.2, 0.25) is 0 Å². The lowest BCUT2D eigenvalue weighted by Gasteiger charge is -2.22. The van der Waals surface area contributed by atoms with E-state index in [0.29, 0.717) is 25.0 Å². The molecule has 0 aromatic heterocycles. The highest BCUT2D eigenvalue weighted by atomic mass is 19.4. The fourth-order valence-electron chi connectivity index (χ4n) is 2.48. The van der Waals surface area contributed by atoms with Crippen molar-refractivity contribution in [3.05, 3.63) is 34.9 Å². The van der Waals surface area contributed by atoms with Crippen molar-refractivity contribution in [1.82, 2.24) is 0 Å². The van der Waals surface area contributed by atoms with Crippen molar-refractivity contribution in [1.29, 1.82) is 10.5 Å². The van der Waals surface area contributed by atoms with Crippen LogP contribution < -0.4 is 0 Å². The summed E-state index contributed by atoms with van der Waals surface area (Å²) in [4.78, 5) is 0. The molecule has 1 aromatic carbocycles. The molecule has 1 rings (SSSR count). The van der Waals surface area contributed by atoms with Gasteiger partial charge in [-0.25, -0.2) is 0 Å². The average molecular weight is 362 g/mol. The predicted molar refractivity (Wildman–Crippen MR) is 78.0 cm³/mol. The molecule has 0 radical (unpaired) electrons. The molecule has 0 aliphatic carbocycles. The molecule has 0 heterocycles. The van der Waals surface area contributed by atoms with Crippen LogP contribution in [0.5, 0.6) is 0 Å². The SMILES string of the molecule is CCCCCC(C#N)(C#N)Cc1ccc(C(F)(F)F)cc1C(F)(F)F. The first kappa shape index (κ1) is 20.8. The molecule has 2 nitrogen and oxygen atoms in total. The van der Waals surface area contributed by atoms with Gasteiger partial charge in [0, 0.05) is 6.42 Å². The molecule has 136 valence electrons. The van der Waals surface area contributed by atoms with Gasteiger partial charge in [0.05, 0.1) is 23.3 Å². The van der Waals surface area contributed by atoms with E-state index in [1.54, 1.807) is 12.1 Å². The molecule has 0 spiro atoms. The number of hydrogen-bond acceptors (Lipinski definition) is 2. The summed E-state index contributed by atoms with van der Waals surface area (Å²) in [6.07, 6.45) is -8.48. The van der Waals surface area contributed by atoms with Gasteiger partial charge < -0.3 is 0 Å². The first-order chi connectivity index (χ1) is 11.5. The Morgan fingerprint density at radius 2 is 1.52 bits per heavy atom. The summed E-state index contributed by atoms with van der Waals surface area (Å²) in [5.41, 5.74) is -5.07. The van der Waals surface area contributed by atoms with E-state index in [9.17, 15) is 36.9 Å². The average Bonchev–Trinajstić information content (AvgIpc) is 2.52. The fourth-order valence-corrected chi connectivity index (χ4v) is 2.48. The lowest BCUT2D eigenvalue weighted by molar-refractivity contribution is -0.143. The number of rotatable bonds is 6. The second-order valence-corrected chi connectivity index (χ2v) is 5.81. The third kappa shape index (κ3) is 5.38. The molecular formula is C17H16F6N2. The van der Waals surface area contributed by atoms with E-state index < -0.39 is 40.9 Å². The number of halogens is 6. The van der Waals surface area contributed by atoms with Crippen molar-refractivity contribution in [2.45, 2.75) is 51.4 Å². The topological polar surface area (TPSA) is 47.6 Å². The van der Waals surface area contributed by atoms with Gasteiger partial charge in [-0.15, -0.1) is 0 Å². The summed E-state index contributed by atoms with van der Waals surface area (Å²) in [6.45, 7) is 1.89. The minimum atomic E-state index is -5.02. The van der Waals surface area contributed by atoms with Crippen LogP contribution in [-0.2, 0) is 18.8 Å². The molecule has 0 unspecified atom stereocenters. The molecule has 0 bridgehead atoms. The monoisotopic (exact) mass is 362 g/mol. The summed E-state index contributed by atoms with van der Waals surface area (Å²) in [6, 6.07) is 4.76. The van der Waals surface area contributed by atoms with Crippen LogP contribution in [0.25, 0.3) is 0 Å². The van der Waals surface area contributed by atoms with Crippen LogP contribution in [0.15, 0.2) is 18.2 Å². The Kier molecular flexibility index (Phi) is 6.48. The Morgan fingerprint density at radius 3 is 1.96 bits per heavy atom. The Morgan fingerprint density at radius 1 is 0.920 bits per heavy atom. The summed E-state index contributed by atoms with van der Waals surface area (Å²) >= 11 is 0. The van der Waals surface area contributed by atoms with E-state index in [0.717, 1.165) is 6.42 Å². The summed E-state index contributed by atoms with van der Waals surface area (Å²) in [7, 11) is 0. The molecule has 0 aliphatic rings. The lowest BCUT2D eigenvalue weighted by atomic mass is 9.78. The maximum absolute atomic E-state index is 13.2. The summed E-state index contributed by atoms with van der Waals surface area (Å²) < 4.78 is 77.6. The molecule has 0 aliphatic heterocycles. The Balaban J connectivity index is 3.31. The highest BCUT2D eigenvalue weighted by Crippen LogP contribution is 2.40. The molecule has 0 N–H and O–H groups in total. The first-order valence-corrected chi connectivity index (χ1v) is 7.59. The van der Waals surface area contributed by atoms with E-state index in [1.807, 2.05) is 6.92 Å². The summed E-state index contributed by atoms with van der Waals surface area (Å²) in [5, 5.41) is 18.6. The van der Waals surface area contributed by atoms with Gasteiger partial charge in [0.1, 0.15) is 5.41 Å². The highest BCUT2D eigenvalue weighted by Gasteiger charge is 2.40. The van der Waals surface area contributed by atoms with Crippen LogP contribution in [0.3, 0.4) is 0 Å². The normalized spacial score (nSPS) is 12.5. The van der Waals surface area contributed by atoms with E-state index in [4.69, 9.17) is 0 Å². The van der Waals surface area contributed by atoms with Gasteiger partial charge in [-0.2, -0.15) is 36.9 Å². The smallest absolute Gasteiger partial charge is 0.197 e. The standard InChI is InChI=1S/C17H16F6N2/c1-2-3-4-7-15(10-24,11-25)9-12-5-6-13(16(18,19)20)8-14(12)17(21,22)23/h5-6,8H,2-4,7,9H2,1H3. The van der Waals surface area contributed by atoms with Crippen LogP contribution in [-0.4, -0.2) is 0 Å². The number of unbranched alkanes of at least 4 members (excludes halogenated alkanes) is 2. The van der Waals surface area contributed by atoms with Crippen LogP contribution in [0.4, 0.5) is 26.3 Å². The lowest BCUT2D eigenvalue weighted by Crippen LogP contribution is -2.23. The maximum atomic E-state index is 13.2. The van der Waals surface area contributed by atoms with Gasteiger partial charge >= 0.3 is 12.4 Å². The third-order valence-electron chi connectivity index (χ3n) is 3.87. The van der Waals surface area contributed by atoms with E-state index in [-0.39, 0.29) is 12.5 Å². The molecule has 25 heavy (non-hydrogen) atoms. The van der Waals surface area contributed by atoms with Gasteiger partial charge in [-0.1, -0.05) is 32.3 Å². The van der Waals surface area contributed by atoms with Crippen molar-refractivity contribution in [3.8, 4) is 12.1 Å². The Hall–Kier alpha value is -2.22. The highest BCUT2D eigenvalue weighted by molar-refractivity contribution is 5.38. The van der Waals surface area contributed by atoms with Crippen molar-refractivity contribution in [2.24, 2.45) is 5.41 Å². The zero-order chi connectivity index (χ0) is 19.3. The predicted octanol–water partition coefficient (Wildman–Crippen LogP) is 5.88. The zero-order valence-electron chi connectivity index (χ0n) is 13.4. The minimum absolute atomic E-state index is 0.0287. The minimum Gasteiger partial charge on any atom is -0.197 e. The molecule has 0 atom stereocenters. The van der Waals surface area contributed by atoms with Crippen LogP contribution >= 0.6 is 0 Å². The van der Waals surface area contributed by atoms with Crippen LogP contribution in [0.1, 0.15) is 49.3 Å². The molecule has 1 aromatic rings. The molecule has 8 heteroatoms. The van der Waals surface area contributed by atoms with Gasteiger partial charge in [-0.3, -0.25) is 0 Å². The number of alkyl halides is 6. The van der Waals surface area contributed by atoms with Gasteiger partial charge in [0.25, 0.3) is 0 Å². The van der Waals surface area contributed by atoms with Crippen molar-refractivity contribution in [3.63, 3.8) is 0 Å². The largest absolute Gasteiger partial charge is 0.416 e. The molecular weight excluding hydrogens is 346 g/mol. The third-order valence-corrected chi connectivity index (χ3v) is 3.87.